The fourth-order valence-electron chi connectivity index (χ4n) is 3.33. The van der Waals surface area contributed by atoms with Crippen molar-refractivity contribution in [2.24, 2.45) is 0 Å². The summed E-state index contributed by atoms with van der Waals surface area (Å²) in [5.74, 6) is -2.49. The maximum absolute atomic E-state index is 14.6. The molecule has 2 unspecified atom stereocenters. The molecule has 2 aromatic carbocycles. The molecular formula is C19H15F3N6O2. The van der Waals surface area contributed by atoms with E-state index in [2.05, 4.69) is 20.4 Å². The number of rotatable bonds is 5. The smallest absolute Gasteiger partial charge is 0.278 e. The van der Waals surface area contributed by atoms with Crippen molar-refractivity contribution >= 4 is 10.9 Å². The van der Waals surface area contributed by atoms with E-state index < -0.39 is 34.7 Å². The number of aromatic nitrogens is 6. The van der Waals surface area contributed by atoms with Crippen molar-refractivity contribution in [3.05, 3.63) is 82.4 Å². The summed E-state index contributed by atoms with van der Waals surface area (Å²) in [4.78, 5) is 16.7. The minimum atomic E-state index is -2.11. The van der Waals surface area contributed by atoms with Gasteiger partial charge in [-0.05, 0) is 31.2 Å². The Morgan fingerprint density at radius 3 is 2.57 bits per heavy atom. The Bertz CT molecular complexity index is 1280. The molecule has 0 amide bonds. The van der Waals surface area contributed by atoms with Gasteiger partial charge in [0.1, 0.15) is 41.2 Å². The van der Waals surface area contributed by atoms with Gasteiger partial charge >= 0.3 is 0 Å². The van der Waals surface area contributed by atoms with Gasteiger partial charge in [-0.2, -0.15) is 5.10 Å². The van der Waals surface area contributed by atoms with E-state index in [-0.39, 0.29) is 23.0 Å². The van der Waals surface area contributed by atoms with Crippen LogP contribution in [0.15, 0.2) is 53.8 Å². The van der Waals surface area contributed by atoms with Crippen molar-refractivity contribution in [1.82, 2.24) is 29.8 Å². The summed E-state index contributed by atoms with van der Waals surface area (Å²) in [7, 11) is 0. The minimum absolute atomic E-state index is 0.0560. The minimum Gasteiger partial charge on any atom is -0.381 e. The Morgan fingerprint density at radius 1 is 1.13 bits per heavy atom. The molecule has 1 N–H and O–H groups in total. The van der Waals surface area contributed by atoms with E-state index >= 15 is 0 Å². The number of hydrogen-bond acceptors (Lipinski definition) is 6. The summed E-state index contributed by atoms with van der Waals surface area (Å²) in [6, 6.07) is 4.94. The van der Waals surface area contributed by atoms with Crippen LogP contribution < -0.4 is 5.56 Å². The van der Waals surface area contributed by atoms with E-state index in [1.54, 1.807) is 0 Å². The van der Waals surface area contributed by atoms with Gasteiger partial charge in [-0.3, -0.25) is 4.79 Å². The average molecular weight is 416 g/mol. The molecule has 0 fully saturated rings. The topological polar surface area (TPSA) is 98.7 Å². The van der Waals surface area contributed by atoms with Gasteiger partial charge in [-0.1, -0.05) is 11.3 Å². The normalized spacial score (nSPS) is 14.6. The van der Waals surface area contributed by atoms with Crippen LogP contribution in [0.3, 0.4) is 0 Å². The quantitative estimate of drug-likeness (QED) is 0.534. The summed E-state index contributed by atoms with van der Waals surface area (Å²) in [6.45, 7) is 1.09. The third-order valence-corrected chi connectivity index (χ3v) is 4.97. The second-order valence-electron chi connectivity index (χ2n) is 6.82. The third kappa shape index (κ3) is 3.32. The van der Waals surface area contributed by atoms with E-state index in [0.717, 1.165) is 28.9 Å². The lowest BCUT2D eigenvalue weighted by atomic mass is 9.86. The zero-order chi connectivity index (χ0) is 21.5. The lowest BCUT2D eigenvalue weighted by molar-refractivity contribution is -0.0390. The van der Waals surface area contributed by atoms with E-state index in [1.165, 1.54) is 30.3 Å². The molecule has 4 aromatic rings. The predicted octanol–water partition coefficient (Wildman–Crippen LogP) is 1.95. The maximum atomic E-state index is 14.6. The molecule has 0 radical (unpaired) electrons. The van der Waals surface area contributed by atoms with Crippen LogP contribution in [0.1, 0.15) is 18.5 Å². The second-order valence-corrected chi connectivity index (χ2v) is 6.82. The van der Waals surface area contributed by atoms with Gasteiger partial charge < -0.3 is 5.11 Å². The molecule has 0 aliphatic heterocycles. The molecule has 11 heteroatoms. The molecule has 2 atom stereocenters. The molecule has 0 saturated heterocycles. The molecule has 0 bridgehead atoms. The Morgan fingerprint density at radius 2 is 1.87 bits per heavy atom. The Labute approximate surface area is 167 Å². The van der Waals surface area contributed by atoms with Gasteiger partial charge in [0.15, 0.2) is 0 Å². The van der Waals surface area contributed by atoms with Crippen molar-refractivity contribution in [3.63, 3.8) is 0 Å². The van der Waals surface area contributed by atoms with Crippen LogP contribution in [-0.4, -0.2) is 34.9 Å². The number of benzene rings is 2. The first-order valence-corrected chi connectivity index (χ1v) is 8.84. The molecular weight excluding hydrogens is 401 g/mol. The zero-order valence-corrected chi connectivity index (χ0v) is 15.6. The van der Waals surface area contributed by atoms with Crippen LogP contribution in [0.2, 0.25) is 0 Å². The summed E-state index contributed by atoms with van der Waals surface area (Å²) < 4.78 is 43.8. The van der Waals surface area contributed by atoms with Crippen LogP contribution in [0.5, 0.6) is 0 Å². The summed E-state index contributed by atoms with van der Waals surface area (Å²) in [5.41, 5.74) is -2.95. The van der Waals surface area contributed by atoms with Crippen LogP contribution in [0, 0.1) is 17.5 Å². The molecule has 154 valence electrons. The third-order valence-electron chi connectivity index (χ3n) is 4.97. The molecule has 2 heterocycles. The molecule has 0 saturated carbocycles. The van der Waals surface area contributed by atoms with Gasteiger partial charge in [-0.15, -0.1) is 5.10 Å². The number of hydrogen-bond donors (Lipinski definition) is 1. The molecule has 8 nitrogen and oxygen atoms in total. The van der Waals surface area contributed by atoms with Gasteiger partial charge in [-0.25, -0.2) is 27.5 Å². The van der Waals surface area contributed by atoms with Gasteiger partial charge in [0.25, 0.3) is 5.56 Å². The van der Waals surface area contributed by atoms with Crippen molar-refractivity contribution < 1.29 is 18.3 Å². The standard InChI is InChI=1S/C19H15F3N6O2/c1-11(28-18(29)14-6-12(20)3-5-17(14)25-26-28)19(30,8-27-10-23-9-24-27)15-4-2-13(21)7-16(15)22/h2-7,9-11,30H,8H2,1H3. The Kier molecular flexibility index (Phi) is 4.82. The first kappa shape index (κ1) is 19.7. The zero-order valence-electron chi connectivity index (χ0n) is 15.6. The number of nitrogens with zero attached hydrogens (tertiary/aromatic N) is 6. The predicted molar refractivity (Wildman–Crippen MR) is 98.7 cm³/mol. The largest absolute Gasteiger partial charge is 0.381 e. The van der Waals surface area contributed by atoms with Gasteiger partial charge in [0, 0.05) is 11.6 Å². The van der Waals surface area contributed by atoms with E-state index in [4.69, 9.17) is 0 Å². The van der Waals surface area contributed by atoms with Crippen LogP contribution >= 0.6 is 0 Å². The number of halogens is 3. The van der Waals surface area contributed by atoms with Gasteiger partial charge in [0.2, 0.25) is 0 Å². The van der Waals surface area contributed by atoms with Crippen molar-refractivity contribution in [2.45, 2.75) is 25.1 Å². The SMILES string of the molecule is CC(n1nnc2ccc(F)cc2c1=O)C(O)(Cn1cncn1)c1ccc(F)cc1F. The van der Waals surface area contributed by atoms with Gasteiger partial charge in [0.05, 0.1) is 18.0 Å². The molecule has 4 rings (SSSR count). The molecule has 2 aromatic heterocycles. The monoisotopic (exact) mass is 416 g/mol. The Balaban J connectivity index is 1.90. The van der Waals surface area contributed by atoms with E-state index in [1.807, 2.05) is 0 Å². The van der Waals surface area contributed by atoms with Crippen molar-refractivity contribution in [1.29, 1.82) is 0 Å². The highest BCUT2D eigenvalue weighted by atomic mass is 19.1. The average Bonchev–Trinajstić information content (AvgIpc) is 3.21. The van der Waals surface area contributed by atoms with E-state index in [0.29, 0.717) is 6.07 Å². The molecule has 0 aliphatic carbocycles. The van der Waals surface area contributed by atoms with Crippen LogP contribution in [0.25, 0.3) is 10.9 Å². The molecule has 0 aliphatic rings. The van der Waals surface area contributed by atoms with Crippen LogP contribution in [-0.2, 0) is 12.1 Å². The number of fused-ring (bicyclic) bond motifs is 1. The number of aliphatic hydroxyl groups is 1. The maximum Gasteiger partial charge on any atom is 0.278 e. The first-order chi connectivity index (χ1) is 14.3. The Hall–Kier alpha value is -3.60. The highest BCUT2D eigenvalue weighted by Crippen LogP contribution is 2.35. The first-order valence-electron chi connectivity index (χ1n) is 8.84. The lowest BCUT2D eigenvalue weighted by Gasteiger charge is -2.34. The second kappa shape index (κ2) is 7.34. The summed E-state index contributed by atoms with van der Waals surface area (Å²) in [6.07, 6.45) is 2.51. The fourth-order valence-corrected chi connectivity index (χ4v) is 3.33. The van der Waals surface area contributed by atoms with Crippen LogP contribution in [0.4, 0.5) is 13.2 Å². The van der Waals surface area contributed by atoms with Crippen molar-refractivity contribution in [2.75, 3.05) is 0 Å². The van der Waals surface area contributed by atoms with Crippen molar-refractivity contribution in [3.8, 4) is 0 Å². The molecule has 0 spiro atoms. The lowest BCUT2D eigenvalue weighted by Crippen LogP contribution is -2.44. The fraction of sp³-hybridized carbons (Fsp3) is 0.211. The molecule has 30 heavy (non-hydrogen) atoms. The summed E-state index contributed by atoms with van der Waals surface area (Å²) in [5, 5.41) is 23.1. The van der Waals surface area contributed by atoms with E-state index in [9.17, 15) is 23.1 Å². The highest BCUT2D eigenvalue weighted by molar-refractivity contribution is 5.76. The summed E-state index contributed by atoms with van der Waals surface area (Å²) >= 11 is 0. The highest BCUT2D eigenvalue weighted by Gasteiger charge is 2.41.